The zero-order chi connectivity index (χ0) is 14.0. The van der Waals surface area contributed by atoms with Gasteiger partial charge in [0.25, 0.3) is 0 Å². The van der Waals surface area contributed by atoms with Gasteiger partial charge in [0.15, 0.2) is 0 Å². The molecule has 3 nitrogen and oxygen atoms in total. The van der Waals surface area contributed by atoms with E-state index >= 15 is 0 Å². The molecule has 0 saturated carbocycles. The highest BCUT2D eigenvalue weighted by molar-refractivity contribution is 9.10. The molecule has 0 saturated heterocycles. The van der Waals surface area contributed by atoms with E-state index in [1.54, 1.807) is 6.92 Å². The molecule has 1 aromatic carbocycles. The van der Waals surface area contributed by atoms with E-state index < -0.39 is 27.5 Å². The molecule has 1 aromatic rings. The number of sulfonamides is 1. The van der Waals surface area contributed by atoms with Crippen LogP contribution in [0.4, 0.5) is 18.9 Å². The summed E-state index contributed by atoms with van der Waals surface area (Å²) in [6.07, 6.45) is -4.29. The van der Waals surface area contributed by atoms with E-state index in [1.807, 2.05) is 4.72 Å². The van der Waals surface area contributed by atoms with E-state index in [2.05, 4.69) is 15.9 Å². The van der Waals surface area contributed by atoms with Gasteiger partial charge >= 0.3 is 6.18 Å². The van der Waals surface area contributed by atoms with Crippen molar-refractivity contribution in [1.82, 2.24) is 0 Å². The van der Waals surface area contributed by atoms with Gasteiger partial charge in [0.2, 0.25) is 10.0 Å². The zero-order valence-corrected chi connectivity index (χ0v) is 11.8. The van der Waals surface area contributed by atoms with Gasteiger partial charge in [-0.05, 0) is 24.6 Å². The molecule has 0 aromatic heterocycles. The lowest BCUT2D eigenvalue weighted by Gasteiger charge is -2.14. The van der Waals surface area contributed by atoms with Crippen LogP contribution in [0, 0.1) is 0 Å². The lowest BCUT2D eigenvalue weighted by Crippen LogP contribution is -2.19. The molecule has 0 radical (unpaired) electrons. The van der Waals surface area contributed by atoms with E-state index in [0.717, 1.165) is 12.1 Å². The number of halogens is 4. The Labute approximate surface area is 112 Å². The van der Waals surface area contributed by atoms with Gasteiger partial charge < -0.3 is 0 Å². The molecule has 0 unspecified atom stereocenters. The van der Waals surface area contributed by atoms with Gasteiger partial charge in [-0.3, -0.25) is 4.72 Å². The average Bonchev–Trinajstić information content (AvgIpc) is 2.18. The number of hydrogen-bond acceptors (Lipinski definition) is 2. The molecule has 8 heteroatoms. The molecule has 102 valence electrons. The summed E-state index contributed by atoms with van der Waals surface area (Å²) in [6, 6.07) is 3.27. The monoisotopic (exact) mass is 345 g/mol. The first kappa shape index (κ1) is 15.3. The van der Waals surface area contributed by atoms with Gasteiger partial charge in [0.05, 0.1) is 17.0 Å². The van der Waals surface area contributed by atoms with Crippen LogP contribution in [-0.4, -0.2) is 14.2 Å². The van der Waals surface area contributed by atoms with Crippen molar-refractivity contribution in [3.05, 3.63) is 28.2 Å². The minimum Gasteiger partial charge on any atom is -0.283 e. The Kier molecular flexibility index (Phi) is 4.66. The van der Waals surface area contributed by atoms with Crippen molar-refractivity contribution >= 4 is 31.6 Å². The van der Waals surface area contributed by atoms with Gasteiger partial charge in [-0.1, -0.05) is 22.9 Å². The highest BCUT2D eigenvalue weighted by atomic mass is 79.9. The van der Waals surface area contributed by atoms with Crippen molar-refractivity contribution in [3.63, 3.8) is 0 Å². The first-order chi connectivity index (χ1) is 8.15. The van der Waals surface area contributed by atoms with Gasteiger partial charge in [-0.25, -0.2) is 8.42 Å². The standard InChI is InChI=1S/C10H11BrF3NO2S/c1-2-5-18(16,17)15-9-4-3-7(11)6-8(9)10(12,13)14/h3-4,6,15H,2,5H2,1H3. The van der Waals surface area contributed by atoms with Crippen LogP contribution in [0.15, 0.2) is 22.7 Å². The second-order valence-electron chi connectivity index (χ2n) is 3.61. The predicted molar refractivity (Wildman–Crippen MR) is 66.8 cm³/mol. The largest absolute Gasteiger partial charge is 0.418 e. The maximum Gasteiger partial charge on any atom is 0.418 e. The quantitative estimate of drug-likeness (QED) is 0.905. The lowest BCUT2D eigenvalue weighted by molar-refractivity contribution is -0.136. The number of rotatable bonds is 4. The van der Waals surface area contributed by atoms with Crippen LogP contribution >= 0.6 is 15.9 Å². The number of anilines is 1. The first-order valence-corrected chi connectivity index (χ1v) is 7.47. The summed E-state index contributed by atoms with van der Waals surface area (Å²) in [4.78, 5) is 0. The Morgan fingerprint density at radius 3 is 2.44 bits per heavy atom. The molecule has 0 fully saturated rings. The molecule has 0 heterocycles. The van der Waals surface area contributed by atoms with Crippen molar-refractivity contribution < 1.29 is 21.6 Å². The highest BCUT2D eigenvalue weighted by Crippen LogP contribution is 2.36. The maximum atomic E-state index is 12.7. The van der Waals surface area contributed by atoms with E-state index in [9.17, 15) is 21.6 Å². The summed E-state index contributed by atoms with van der Waals surface area (Å²) < 4.78 is 63.3. The fourth-order valence-electron chi connectivity index (χ4n) is 1.33. The van der Waals surface area contributed by atoms with Gasteiger partial charge in [0.1, 0.15) is 0 Å². The lowest BCUT2D eigenvalue weighted by atomic mass is 10.2. The number of hydrogen-bond donors (Lipinski definition) is 1. The van der Waals surface area contributed by atoms with E-state index in [0.29, 0.717) is 6.42 Å². The number of nitrogens with one attached hydrogen (secondary N) is 1. The predicted octanol–water partition coefficient (Wildman–Crippen LogP) is 3.62. The summed E-state index contributed by atoms with van der Waals surface area (Å²) in [7, 11) is -3.75. The first-order valence-electron chi connectivity index (χ1n) is 5.03. The zero-order valence-electron chi connectivity index (χ0n) is 9.38. The maximum absolute atomic E-state index is 12.7. The van der Waals surface area contributed by atoms with Crippen LogP contribution in [0.2, 0.25) is 0 Å². The smallest absolute Gasteiger partial charge is 0.283 e. The van der Waals surface area contributed by atoms with Crippen molar-refractivity contribution in [2.45, 2.75) is 19.5 Å². The SMILES string of the molecule is CCCS(=O)(=O)Nc1ccc(Br)cc1C(F)(F)F. The van der Waals surface area contributed by atoms with Gasteiger partial charge in [-0.15, -0.1) is 0 Å². The van der Waals surface area contributed by atoms with Gasteiger partial charge in [-0.2, -0.15) is 13.2 Å². The third-order valence-corrected chi connectivity index (χ3v) is 4.00. The molecule has 0 aliphatic carbocycles. The van der Waals surface area contributed by atoms with Crippen molar-refractivity contribution in [2.24, 2.45) is 0 Å². The Bertz CT molecular complexity index is 528. The molecule has 18 heavy (non-hydrogen) atoms. The Morgan fingerprint density at radius 2 is 1.94 bits per heavy atom. The molecule has 0 aliphatic rings. The Balaban J connectivity index is 3.18. The minimum atomic E-state index is -4.62. The summed E-state index contributed by atoms with van der Waals surface area (Å²) >= 11 is 2.92. The van der Waals surface area contributed by atoms with Crippen LogP contribution in [0.5, 0.6) is 0 Å². The average molecular weight is 346 g/mol. The fraction of sp³-hybridized carbons (Fsp3) is 0.400. The molecule has 0 bridgehead atoms. The van der Waals surface area contributed by atoms with Gasteiger partial charge in [0, 0.05) is 4.47 Å². The normalized spacial score (nSPS) is 12.5. The third-order valence-electron chi connectivity index (χ3n) is 2.03. The molecule has 0 aliphatic heterocycles. The molecule has 1 N–H and O–H groups in total. The summed E-state index contributed by atoms with van der Waals surface area (Å²) in [5.41, 5.74) is -1.48. The topological polar surface area (TPSA) is 46.2 Å². The molecule has 0 amide bonds. The second-order valence-corrected chi connectivity index (χ2v) is 6.37. The molecule has 0 atom stereocenters. The van der Waals surface area contributed by atoms with Crippen molar-refractivity contribution in [1.29, 1.82) is 0 Å². The third kappa shape index (κ3) is 4.16. The molecular weight excluding hydrogens is 335 g/mol. The van der Waals surface area contributed by atoms with Crippen LogP contribution in [0.1, 0.15) is 18.9 Å². The minimum absolute atomic E-state index is 0.222. The van der Waals surface area contributed by atoms with Crippen LogP contribution in [0.3, 0.4) is 0 Å². The molecule has 1 rings (SSSR count). The van der Waals surface area contributed by atoms with E-state index in [4.69, 9.17) is 0 Å². The van der Waals surface area contributed by atoms with Crippen LogP contribution in [0.25, 0.3) is 0 Å². The second kappa shape index (κ2) is 5.48. The fourth-order valence-corrected chi connectivity index (χ4v) is 2.84. The Hall–Kier alpha value is -0.760. The van der Waals surface area contributed by atoms with Crippen molar-refractivity contribution in [3.8, 4) is 0 Å². The Morgan fingerprint density at radius 1 is 1.33 bits per heavy atom. The van der Waals surface area contributed by atoms with Crippen molar-refractivity contribution in [2.75, 3.05) is 10.5 Å². The molecular formula is C10H11BrF3NO2S. The summed E-state index contributed by atoms with van der Waals surface area (Å²) in [5.74, 6) is -0.222. The number of alkyl halides is 3. The van der Waals surface area contributed by atoms with E-state index in [-0.39, 0.29) is 10.2 Å². The summed E-state index contributed by atoms with van der Waals surface area (Å²) in [5, 5.41) is 0. The van der Waals surface area contributed by atoms with Crippen LogP contribution in [-0.2, 0) is 16.2 Å². The van der Waals surface area contributed by atoms with E-state index in [1.165, 1.54) is 6.07 Å². The van der Waals surface area contributed by atoms with Crippen LogP contribution < -0.4 is 4.72 Å². The number of benzene rings is 1. The highest BCUT2D eigenvalue weighted by Gasteiger charge is 2.34. The molecule has 0 spiro atoms. The summed E-state index contributed by atoms with van der Waals surface area (Å²) in [6.45, 7) is 1.63.